The van der Waals surface area contributed by atoms with Crippen LogP contribution in [-0.4, -0.2) is 11.6 Å². The maximum Gasteiger partial charge on any atom is 0.0864 e. The first-order valence-corrected chi connectivity index (χ1v) is 3.33. The molecule has 0 atom stereocenters. The van der Waals surface area contributed by atoms with Crippen molar-refractivity contribution in [3.05, 3.63) is 36.2 Å². The lowest BCUT2D eigenvalue weighted by atomic mass is 10.3. The van der Waals surface area contributed by atoms with Crippen LogP contribution in [0.4, 0.5) is 0 Å². The van der Waals surface area contributed by atoms with E-state index in [1.165, 1.54) is 0 Å². The zero-order chi connectivity index (χ0) is 7.94. The fraction of sp³-hybridized carbons (Fsp3) is 0.125. The van der Waals surface area contributed by atoms with Crippen LogP contribution in [0.2, 0.25) is 0 Å². The first-order valence-electron chi connectivity index (χ1n) is 3.33. The number of pyridine rings is 1. The predicted molar refractivity (Wildman–Crippen MR) is 43.4 cm³/mol. The van der Waals surface area contributed by atoms with Crippen LogP contribution in [0, 0.1) is 0 Å². The Morgan fingerprint density at radius 1 is 1.55 bits per heavy atom. The van der Waals surface area contributed by atoms with Gasteiger partial charge in [0.1, 0.15) is 0 Å². The van der Waals surface area contributed by atoms with E-state index in [1.807, 2.05) is 30.4 Å². The van der Waals surface area contributed by atoms with E-state index in [-0.39, 0.29) is 0 Å². The minimum absolute atomic E-state index is 0.413. The Hall–Kier alpha value is -1.19. The van der Waals surface area contributed by atoms with Crippen LogP contribution in [0.3, 0.4) is 0 Å². The minimum atomic E-state index is 0.413. The van der Waals surface area contributed by atoms with Crippen LogP contribution in [0.15, 0.2) is 30.5 Å². The number of hydrogen-bond donors (Lipinski definition) is 1. The molecule has 1 aromatic heterocycles. The van der Waals surface area contributed by atoms with Crippen molar-refractivity contribution in [3.63, 3.8) is 0 Å². The fourth-order valence-corrected chi connectivity index (χ4v) is 0.699. The lowest BCUT2D eigenvalue weighted by Crippen LogP contribution is -1.96. The molecule has 0 saturated carbocycles. The second-order valence-corrected chi connectivity index (χ2v) is 1.99. The maximum absolute atomic E-state index is 4.82. The topological polar surface area (TPSA) is 48.1 Å². The Kier molecular flexibility index (Phi) is 3.31. The van der Waals surface area contributed by atoms with Gasteiger partial charge in [-0.3, -0.25) is 4.98 Å². The van der Waals surface area contributed by atoms with Crippen LogP contribution in [-0.2, 0) is 4.84 Å². The van der Waals surface area contributed by atoms with Gasteiger partial charge in [0.2, 0.25) is 0 Å². The van der Waals surface area contributed by atoms with Crippen LogP contribution >= 0.6 is 0 Å². The van der Waals surface area contributed by atoms with E-state index in [0.717, 1.165) is 5.69 Å². The lowest BCUT2D eigenvalue weighted by molar-refractivity contribution is 0.168. The molecular formula is C8H10N2O. The zero-order valence-electron chi connectivity index (χ0n) is 6.10. The maximum atomic E-state index is 4.82. The average Bonchev–Trinajstić information content (AvgIpc) is 2.07. The third-order valence-corrected chi connectivity index (χ3v) is 1.17. The van der Waals surface area contributed by atoms with Crippen molar-refractivity contribution in [2.75, 3.05) is 6.61 Å². The van der Waals surface area contributed by atoms with Crippen molar-refractivity contribution in [1.82, 2.24) is 4.98 Å². The standard InChI is InChI=1S/C8H10N2O/c9-11-7-3-5-8-4-1-2-6-10-8/h1-6H,7,9H2/b5-3+. The Morgan fingerprint density at radius 2 is 2.45 bits per heavy atom. The van der Waals surface area contributed by atoms with Gasteiger partial charge in [0, 0.05) is 6.20 Å². The zero-order valence-corrected chi connectivity index (χ0v) is 6.10. The van der Waals surface area contributed by atoms with Gasteiger partial charge >= 0.3 is 0 Å². The molecule has 0 bridgehead atoms. The van der Waals surface area contributed by atoms with Crippen LogP contribution in [0.5, 0.6) is 0 Å². The van der Waals surface area contributed by atoms with E-state index < -0.39 is 0 Å². The highest BCUT2D eigenvalue weighted by molar-refractivity contribution is 5.43. The van der Waals surface area contributed by atoms with Crippen LogP contribution in [0.1, 0.15) is 5.69 Å². The molecule has 11 heavy (non-hydrogen) atoms. The second kappa shape index (κ2) is 4.60. The molecule has 1 aromatic rings. The second-order valence-electron chi connectivity index (χ2n) is 1.99. The third kappa shape index (κ3) is 2.93. The number of aromatic nitrogens is 1. The van der Waals surface area contributed by atoms with Crippen LogP contribution in [0.25, 0.3) is 6.08 Å². The van der Waals surface area contributed by atoms with Gasteiger partial charge in [0.15, 0.2) is 0 Å². The molecule has 1 rings (SSSR count). The Morgan fingerprint density at radius 3 is 3.09 bits per heavy atom. The Labute approximate surface area is 65.5 Å². The van der Waals surface area contributed by atoms with Crippen molar-refractivity contribution >= 4 is 6.08 Å². The summed E-state index contributed by atoms with van der Waals surface area (Å²) >= 11 is 0. The van der Waals surface area contributed by atoms with Gasteiger partial charge < -0.3 is 4.84 Å². The van der Waals surface area contributed by atoms with Gasteiger partial charge in [-0.1, -0.05) is 12.1 Å². The molecule has 58 valence electrons. The van der Waals surface area contributed by atoms with E-state index >= 15 is 0 Å². The number of rotatable bonds is 3. The van der Waals surface area contributed by atoms with Gasteiger partial charge in [-0.05, 0) is 18.2 Å². The van der Waals surface area contributed by atoms with E-state index in [0.29, 0.717) is 6.61 Å². The van der Waals surface area contributed by atoms with E-state index in [4.69, 9.17) is 5.90 Å². The Bertz CT molecular complexity index is 221. The molecule has 0 unspecified atom stereocenters. The predicted octanol–water partition coefficient (Wildman–Crippen LogP) is 0.985. The minimum Gasteiger partial charge on any atom is -0.300 e. The molecule has 0 saturated heterocycles. The summed E-state index contributed by atoms with van der Waals surface area (Å²) in [5.41, 5.74) is 0.907. The first-order chi connectivity index (χ1) is 5.43. The molecule has 0 aliphatic carbocycles. The summed E-state index contributed by atoms with van der Waals surface area (Å²) < 4.78 is 0. The molecule has 0 spiro atoms. The van der Waals surface area contributed by atoms with Gasteiger partial charge in [-0.25, -0.2) is 5.90 Å². The monoisotopic (exact) mass is 150 g/mol. The van der Waals surface area contributed by atoms with Crippen molar-refractivity contribution in [1.29, 1.82) is 0 Å². The fourth-order valence-electron chi connectivity index (χ4n) is 0.699. The molecule has 0 amide bonds. The highest BCUT2D eigenvalue weighted by atomic mass is 16.6. The number of hydrogen-bond acceptors (Lipinski definition) is 3. The quantitative estimate of drug-likeness (QED) is 0.653. The normalized spacial score (nSPS) is 10.6. The van der Waals surface area contributed by atoms with Crippen LogP contribution < -0.4 is 5.90 Å². The van der Waals surface area contributed by atoms with Gasteiger partial charge in [0.25, 0.3) is 0 Å². The molecule has 3 nitrogen and oxygen atoms in total. The van der Waals surface area contributed by atoms with Crippen molar-refractivity contribution in [2.24, 2.45) is 5.90 Å². The van der Waals surface area contributed by atoms with Gasteiger partial charge in [-0.15, -0.1) is 0 Å². The SMILES string of the molecule is NOC/C=C/c1ccccn1. The molecule has 0 radical (unpaired) electrons. The molecule has 1 heterocycles. The third-order valence-electron chi connectivity index (χ3n) is 1.17. The highest BCUT2D eigenvalue weighted by Crippen LogP contribution is 1.95. The van der Waals surface area contributed by atoms with E-state index in [1.54, 1.807) is 6.20 Å². The first kappa shape index (κ1) is 7.91. The summed E-state index contributed by atoms with van der Waals surface area (Å²) in [7, 11) is 0. The smallest absolute Gasteiger partial charge is 0.0864 e. The molecule has 3 heteroatoms. The number of nitrogens with two attached hydrogens (primary N) is 1. The van der Waals surface area contributed by atoms with Crippen molar-refractivity contribution in [2.45, 2.75) is 0 Å². The summed E-state index contributed by atoms with van der Waals surface area (Å²) in [5, 5.41) is 0. The number of nitrogens with zero attached hydrogens (tertiary/aromatic N) is 1. The van der Waals surface area contributed by atoms with E-state index in [2.05, 4.69) is 9.82 Å². The molecular weight excluding hydrogens is 140 g/mol. The average molecular weight is 150 g/mol. The van der Waals surface area contributed by atoms with E-state index in [9.17, 15) is 0 Å². The molecule has 0 aromatic carbocycles. The highest BCUT2D eigenvalue weighted by Gasteiger charge is 1.82. The summed E-state index contributed by atoms with van der Waals surface area (Å²) in [5.74, 6) is 4.82. The van der Waals surface area contributed by atoms with Crippen molar-refractivity contribution < 1.29 is 4.84 Å². The summed E-state index contributed by atoms with van der Waals surface area (Å²) in [4.78, 5) is 8.42. The van der Waals surface area contributed by atoms with Gasteiger partial charge in [-0.2, -0.15) is 0 Å². The molecule has 2 N–H and O–H groups in total. The lowest BCUT2D eigenvalue weighted by Gasteiger charge is -1.89. The molecule has 0 fully saturated rings. The molecule has 0 aliphatic rings. The summed E-state index contributed by atoms with van der Waals surface area (Å²) in [6, 6.07) is 5.71. The Balaban J connectivity index is 2.50. The van der Waals surface area contributed by atoms with Crippen molar-refractivity contribution in [3.8, 4) is 0 Å². The summed E-state index contributed by atoms with van der Waals surface area (Å²) in [6.45, 7) is 0.413. The van der Waals surface area contributed by atoms with Gasteiger partial charge in [0.05, 0.1) is 12.3 Å². The largest absolute Gasteiger partial charge is 0.300 e. The summed E-state index contributed by atoms with van der Waals surface area (Å²) in [6.07, 6.45) is 5.40. The molecule has 0 aliphatic heterocycles.